The number of carbonyl (C=O) groups is 1. The van der Waals surface area contributed by atoms with E-state index in [1.54, 1.807) is 12.1 Å². The molecule has 0 saturated carbocycles. The van der Waals surface area contributed by atoms with Gasteiger partial charge in [0.2, 0.25) is 0 Å². The van der Waals surface area contributed by atoms with E-state index in [2.05, 4.69) is 10.6 Å². The smallest absolute Gasteiger partial charge is 0.255 e. The van der Waals surface area contributed by atoms with Gasteiger partial charge in [-0.1, -0.05) is 36.4 Å². The van der Waals surface area contributed by atoms with Crippen molar-refractivity contribution in [2.75, 3.05) is 23.5 Å². The molecular weight excluding hydrogens is 268 g/mol. The minimum atomic E-state index is -0.0817. The average Bonchev–Trinajstić information content (AvgIpc) is 3.09. The van der Waals surface area contributed by atoms with Crippen molar-refractivity contribution in [3.05, 3.63) is 66.2 Å². The van der Waals surface area contributed by atoms with Crippen LogP contribution in [0.1, 0.15) is 10.4 Å². The lowest BCUT2D eigenvalue weighted by molar-refractivity contribution is 0.102. The van der Waals surface area contributed by atoms with Crippen LogP contribution in [0.5, 0.6) is 0 Å². The molecule has 2 aromatic rings. The molecule has 1 aliphatic heterocycles. The first kappa shape index (κ1) is 14.6. The third-order valence-corrected chi connectivity index (χ3v) is 3.60. The topological polar surface area (TPSA) is 41.1 Å². The predicted molar refractivity (Wildman–Crippen MR) is 86.2 cm³/mol. The summed E-state index contributed by atoms with van der Waals surface area (Å²) in [5, 5.41) is 6.00. The van der Waals surface area contributed by atoms with E-state index in [9.17, 15) is 4.79 Å². The van der Waals surface area contributed by atoms with Gasteiger partial charge in [0, 0.05) is 29.4 Å². The quantitative estimate of drug-likeness (QED) is 0.890. The number of benzene rings is 2. The van der Waals surface area contributed by atoms with Crippen LogP contribution < -0.4 is 10.6 Å². The van der Waals surface area contributed by atoms with E-state index >= 15 is 0 Å². The van der Waals surface area contributed by atoms with E-state index in [4.69, 9.17) is 0 Å². The second-order valence-electron chi connectivity index (χ2n) is 4.24. The fourth-order valence-electron chi connectivity index (χ4n) is 1.68. The van der Waals surface area contributed by atoms with Crippen molar-refractivity contribution >= 4 is 23.4 Å². The summed E-state index contributed by atoms with van der Waals surface area (Å²) in [5.74, 6) is 2.39. The molecule has 3 nitrogen and oxygen atoms in total. The monoisotopic (exact) mass is 286 g/mol. The minimum absolute atomic E-state index is 0.0817. The van der Waals surface area contributed by atoms with Gasteiger partial charge in [-0.3, -0.25) is 4.79 Å². The summed E-state index contributed by atoms with van der Waals surface area (Å²) >= 11 is 1.96. The standard InChI is InChI=1S/C13H11NO.C3H7NS/c15-13(11-7-3-1-4-8-11)14-12-9-5-2-6-10-12;1-2-5-3-4-1/h1-10H,(H,14,15);4H,1-3H2. The largest absolute Gasteiger partial charge is 0.322 e. The van der Waals surface area contributed by atoms with Crippen LogP contribution in [0.3, 0.4) is 0 Å². The summed E-state index contributed by atoms with van der Waals surface area (Å²) in [5.41, 5.74) is 1.48. The highest BCUT2D eigenvalue weighted by Crippen LogP contribution is 2.08. The molecule has 1 amide bonds. The Hall–Kier alpha value is -1.78. The number of carbonyl (C=O) groups excluding carboxylic acids is 1. The molecule has 0 unspecified atom stereocenters. The Morgan fingerprint density at radius 3 is 2.15 bits per heavy atom. The fourth-order valence-corrected chi connectivity index (χ4v) is 2.40. The van der Waals surface area contributed by atoms with Gasteiger partial charge in [0.1, 0.15) is 0 Å². The van der Waals surface area contributed by atoms with Gasteiger partial charge < -0.3 is 10.6 Å². The Labute approximate surface area is 123 Å². The molecule has 1 saturated heterocycles. The highest BCUT2D eigenvalue weighted by Gasteiger charge is 2.03. The van der Waals surface area contributed by atoms with Gasteiger partial charge in [-0.15, -0.1) is 11.8 Å². The van der Waals surface area contributed by atoms with Crippen molar-refractivity contribution < 1.29 is 4.79 Å². The molecule has 20 heavy (non-hydrogen) atoms. The molecule has 0 atom stereocenters. The Morgan fingerprint density at radius 1 is 1.00 bits per heavy atom. The summed E-state index contributed by atoms with van der Waals surface area (Å²) in [6.07, 6.45) is 0. The van der Waals surface area contributed by atoms with Crippen molar-refractivity contribution in [3.63, 3.8) is 0 Å². The second-order valence-corrected chi connectivity index (χ2v) is 5.34. The number of nitrogens with one attached hydrogen (secondary N) is 2. The molecule has 2 N–H and O–H groups in total. The van der Waals surface area contributed by atoms with E-state index in [1.165, 1.54) is 18.2 Å². The third-order valence-electron chi connectivity index (χ3n) is 2.69. The Bertz CT molecular complexity index is 505. The summed E-state index contributed by atoms with van der Waals surface area (Å²) in [7, 11) is 0. The zero-order valence-corrected chi connectivity index (χ0v) is 12.0. The van der Waals surface area contributed by atoms with Crippen molar-refractivity contribution in [2.45, 2.75) is 0 Å². The summed E-state index contributed by atoms with van der Waals surface area (Å²) in [6.45, 7) is 1.21. The van der Waals surface area contributed by atoms with Crippen LogP contribution >= 0.6 is 11.8 Å². The van der Waals surface area contributed by atoms with Crippen LogP contribution in [0.4, 0.5) is 5.69 Å². The molecular formula is C16H18N2OS. The van der Waals surface area contributed by atoms with Crippen molar-refractivity contribution in [1.82, 2.24) is 5.32 Å². The fraction of sp³-hybridized carbons (Fsp3) is 0.188. The second kappa shape index (κ2) is 8.40. The lowest BCUT2D eigenvalue weighted by Crippen LogP contribution is -2.11. The molecule has 1 aliphatic rings. The van der Waals surface area contributed by atoms with Gasteiger partial charge in [0.15, 0.2) is 0 Å². The SMILES string of the molecule is C1CSCN1.O=C(Nc1ccccc1)c1ccccc1. The number of para-hydroxylation sites is 1. The third kappa shape index (κ3) is 5.07. The zero-order chi connectivity index (χ0) is 14.0. The highest BCUT2D eigenvalue weighted by molar-refractivity contribution is 7.99. The average molecular weight is 286 g/mol. The van der Waals surface area contributed by atoms with Crippen molar-refractivity contribution in [2.24, 2.45) is 0 Å². The van der Waals surface area contributed by atoms with Crippen molar-refractivity contribution in [1.29, 1.82) is 0 Å². The zero-order valence-electron chi connectivity index (χ0n) is 11.2. The van der Waals surface area contributed by atoms with Crippen LogP contribution in [-0.2, 0) is 0 Å². The summed E-state index contributed by atoms with van der Waals surface area (Å²) < 4.78 is 0. The van der Waals surface area contributed by atoms with Crippen LogP contribution in [-0.4, -0.2) is 24.1 Å². The first-order chi connectivity index (χ1) is 9.86. The number of amides is 1. The van der Waals surface area contributed by atoms with Gasteiger partial charge in [0.05, 0.1) is 0 Å². The highest BCUT2D eigenvalue weighted by atomic mass is 32.2. The van der Waals surface area contributed by atoms with Gasteiger partial charge in [-0.25, -0.2) is 0 Å². The molecule has 3 rings (SSSR count). The number of hydrogen-bond donors (Lipinski definition) is 2. The molecule has 0 spiro atoms. The molecule has 0 bridgehead atoms. The van der Waals surface area contributed by atoms with Crippen LogP contribution in [0.25, 0.3) is 0 Å². The summed E-state index contributed by atoms with van der Waals surface area (Å²) in [6, 6.07) is 18.6. The molecule has 0 aliphatic carbocycles. The number of hydrogen-bond acceptors (Lipinski definition) is 3. The van der Waals surface area contributed by atoms with Gasteiger partial charge in [-0.05, 0) is 24.3 Å². The van der Waals surface area contributed by atoms with E-state index in [-0.39, 0.29) is 5.91 Å². The molecule has 1 heterocycles. The maximum absolute atomic E-state index is 11.7. The first-order valence-corrected chi connectivity index (χ1v) is 7.71. The molecule has 0 radical (unpaired) electrons. The predicted octanol–water partition coefficient (Wildman–Crippen LogP) is 3.22. The van der Waals surface area contributed by atoms with E-state index in [1.807, 2.05) is 60.3 Å². The van der Waals surface area contributed by atoms with Gasteiger partial charge >= 0.3 is 0 Å². The Kier molecular flexibility index (Phi) is 6.14. The van der Waals surface area contributed by atoms with Gasteiger partial charge in [-0.2, -0.15) is 0 Å². The minimum Gasteiger partial charge on any atom is -0.322 e. The first-order valence-electron chi connectivity index (χ1n) is 6.56. The lowest BCUT2D eigenvalue weighted by Gasteiger charge is -2.03. The number of anilines is 1. The maximum Gasteiger partial charge on any atom is 0.255 e. The van der Waals surface area contributed by atoms with Crippen LogP contribution in [0.2, 0.25) is 0 Å². The molecule has 2 aromatic carbocycles. The number of thioether (sulfide) groups is 1. The molecule has 104 valence electrons. The van der Waals surface area contributed by atoms with E-state index in [0.29, 0.717) is 5.56 Å². The van der Waals surface area contributed by atoms with Crippen molar-refractivity contribution in [3.8, 4) is 0 Å². The number of rotatable bonds is 2. The van der Waals surface area contributed by atoms with Crippen LogP contribution in [0.15, 0.2) is 60.7 Å². The molecule has 4 heteroatoms. The van der Waals surface area contributed by atoms with Gasteiger partial charge in [0.25, 0.3) is 5.91 Å². The Morgan fingerprint density at radius 2 is 1.65 bits per heavy atom. The Balaban J connectivity index is 0.000000247. The molecule has 0 aromatic heterocycles. The summed E-state index contributed by atoms with van der Waals surface area (Å²) in [4.78, 5) is 11.7. The van der Waals surface area contributed by atoms with Crippen LogP contribution in [0, 0.1) is 0 Å². The van der Waals surface area contributed by atoms with E-state index in [0.717, 1.165) is 5.69 Å². The molecule has 1 fully saturated rings. The normalized spacial score (nSPS) is 13.2. The van der Waals surface area contributed by atoms with E-state index < -0.39 is 0 Å². The lowest BCUT2D eigenvalue weighted by atomic mass is 10.2. The maximum atomic E-state index is 11.7.